The molecule has 2 saturated heterocycles. The van der Waals surface area contributed by atoms with Crippen LogP contribution in [0, 0.1) is 0 Å². The van der Waals surface area contributed by atoms with Crippen LogP contribution < -0.4 is 0 Å². The number of halogens is 2. The van der Waals surface area contributed by atoms with E-state index >= 15 is 0 Å². The highest BCUT2D eigenvalue weighted by Gasteiger charge is 2.62. The minimum atomic E-state index is -1.55. The molecule has 3 rings (SSSR count). The van der Waals surface area contributed by atoms with Crippen LogP contribution in [-0.4, -0.2) is 46.3 Å². The molecular formula is C15H16BrClN2O3S. The minimum Gasteiger partial charge on any atom is -0.310 e. The van der Waals surface area contributed by atoms with E-state index in [0.717, 1.165) is 5.56 Å². The average Bonchev–Trinajstić information content (AvgIpc) is 2.70. The quantitative estimate of drug-likeness (QED) is 0.428. The Labute approximate surface area is 150 Å². The molecule has 2 fully saturated rings. The van der Waals surface area contributed by atoms with Gasteiger partial charge in [0.2, 0.25) is 5.91 Å². The van der Waals surface area contributed by atoms with Crippen LogP contribution in [0.25, 0.3) is 0 Å². The van der Waals surface area contributed by atoms with Gasteiger partial charge in [0, 0.05) is 0 Å². The summed E-state index contributed by atoms with van der Waals surface area (Å²) in [5.74, 6) is -0.564. The van der Waals surface area contributed by atoms with Crippen LogP contribution >= 0.6 is 27.5 Å². The third-order valence-electron chi connectivity index (χ3n) is 4.23. The number of hydrogen-bond acceptors (Lipinski definition) is 3. The molecule has 1 aromatic carbocycles. The van der Waals surface area contributed by atoms with Gasteiger partial charge < -0.3 is 4.90 Å². The van der Waals surface area contributed by atoms with Crippen molar-refractivity contribution >= 4 is 50.3 Å². The number of amides is 2. The van der Waals surface area contributed by atoms with Crippen molar-refractivity contribution in [3.05, 3.63) is 35.9 Å². The number of alkyl halides is 2. The van der Waals surface area contributed by atoms with Gasteiger partial charge in [0.1, 0.15) is 27.4 Å². The topological polar surface area (TPSA) is 57.7 Å². The third-order valence-corrected chi connectivity index (χ3v) is 7.73. The molecule has 0 N–H and O–H groups in total. The molecule has 8 heteroatoms. The average molecular weight is 420 g/mol. The monoisotopic (exact) mass is 418 g/mol. The fourth-order valence-corrected chi connectivity index (χ4v) is 5.26. The van der Waals surface area contributed by atoms with E-state index in [-0.39, 0.29) is 18.4 Å². The number of likely N-dealkylation sites (tertiary alicyclic amines) is 1. The molecule has 2 aliphatic rings. The van der Waals surface area contributed by atoms with Crippen molar-refractivity contribution in [2.24, 2.45) is 0 Å². The minimum absolute atomic E-state index is 0.241. The molecule has 0 bridgehead atoms. The molecule has 0 spiro atoms. The first-order valence-corrected chi connectivity index (χ1v) is 9.60. The summed E-state index contributed by atoms with van der Waals surface area (Å²) in [7, 11) is -1.55. The Balaban J connectivity index is 1.89. The van der Waals surface area contributed by atoms with E-state index in [1.807, 2.05) is 30.3 Å². The summed E-state index contributed by atoms with van der Waals surface area (Å²) < 4.78 is 13.3. The van der Waals surface area contributed by atoms with Gasteiger partial charge in [-0.05, 0) is 19.4 Å². The zero-order valence-electron chi connectivity index (χ0n) is 12.6. The summed E-state index contributed by atoms with van der Waals surface area (Å²) in [6.07, 6.45) is 0. The number of carbonyl (C=O) groups excluding carboxylic acids is 2. The lowest BCUT2D eigenvalue weighted by atomic mass is 9.96. The Bertz CT molecular complexity index is 685. The molecule has 2 amide bonds. The van der Waals surface area contributed by atoms with E-state index in [0.29, 0.717) is 0 Å². The van der Waals surface area contributed by atoms with Crippen molar-refractivity contribution in [2.75, 3.05) is 0 Å². The summed E-state index contributed by atoms with van der Waals surface area (Å²) in [6, 6.07) is 8.55. The van der Waals surface area contributed by atoms with E-state index in [2.05, 4.69) is 15.9 Å². The lowest BCUT2D eigenvalue weighted by Crippen LogP contribution is -2.68. The van der Waals surface area contributed by atoms with Crippen molar-refractivity contribution < 1.29 is 13.8 Å². The predicted octanol–water partition coefficient (Wildman–Crippen LogP) is 2.01. The highest BCUT2D eigenvalue weighted by atomic mass is 79.9. The standard InChI is InChI=1S/C15H16BrClN2O3S/c1-15(2)11(19-12(17)10(16)13(19)20)14(21)18(23(15)22)8-9-6-4-3-5-7-9/h3-7,10-12H,8H2,1-2H3/t10-,11+,12+,23?/m1/s1. The molecule has 5 nitrogen and oxygen atoms in total. The van der Waals surface area contributed by atoms with Crippen LogP contribution in [0.2, 0.25) is 0 Å². The fourth-order valence-electron chi connectivity index (χ4n) is 2.94. The van der Waals surface area contributed by atoms with Gasteiger partial charge >= 0.3 is 0 Å². The molecule has 1 aromatic rings. The molecule has 0 radical (unpaired) electrons. The summed E-state index contributed by atoms with van der Waals surface area (Å²) in [5.41, 5.74) is 0.283. The number of hydrogen-bond donors (Lipinski definition) is 0. The Morgan fingerprint density at radius 3 is 2.39 bits per heavy atom. The van der Waals surface area contributed by atoms with Crippen LogP contribution in [0.3, 0.4) is 0 Å². The molecule has 0 aromatic heterocycles. The molecular weight excluding hydrogens is 404 g/mol. The molecule has 124 valence electrons. The molecule has 0 saturated carbocycles. The highest BCUT2D eigenvalue weighted by molar-refractivity contribution is 9.10. The molecule has 1 unspecified atom stereocenters. The summed E-state index contributed by atoms with van der Waals surface area (Å²) in [5, 5.41) is 0. The van der Waals surface area contributed by atoms with Crippen molar-refractivity contribution in [3.8, 4) is 0 Å². The maximum Gasteiger partial charge on any atom is 0.259 e. The molecule has 2 aliphatic heterocycles. The Morgan fingerprint density at radius 2 is 1.83 bits per heavy atom. The first-order valence-electron chi connectivity index (χ1n) is 7.14. The van der Waals surface area contributed by atoms with Crippen LogP contribution in [-0.2, 0) is 27.1 Å². The fraction of sp³-hybridized carbons (Fsp3) is 0.467. The first kappa shape index (κ1) is 16.9. The van der Waals surface area contributed by atoms with Crippen molar-refractivity contribution in [2.45, 2.75) is 41.5 Å². The van der Waals surface area contributed by atoms with E-state index in [1.54, 1.807) is 13.8 Å². The second-order valence-corrected chi connectivity index (χ2v) is 9.56. The number of rotatable bonds is 3. The van der Waals surface area contributed by atoms with Gasteiger partial charge in [-0.3, -0.25) is 13.9 Å². The van der Waals surface area contributed by atoms with Crippen LogP contribution in [0.15, 0.2) is 30.3 Å². The number of benzene rings is 1. The van der Waals surface area contributed by atoms with E-state index in [9.17, 15) is 13.8 Å². The lowest BCUT2D eigenvalue weighted by Gasteiger charge is -2.46. The van der Waals surface area contributed by atoms with Crippen molar-refractivity contribution in [1.29, 1.82) is 0 Å². The van der Waals surface area contributed by atoms with Crippen molar-refractivity contribution in [3.63, 3.8) is 0 Å². The van der Waals surface area contributed by atoms with Gasteiger partial charge in [0.25, 0.3) is 5.91 Å². The van der Waals surface area contributed by atoms with Gasteiger partial charge in [-0.2, -0.15) is 0 Å². The van der Waals surface area contributed by atoms with Gasteiger partial charge in [-0.25, -0.2) is 4.21 Å². The van der Waals surface area contributed by atoms with Gasteiger partial charge in [0.05, 0.1) is 11.3 Å². The number of nitrogens with zero attached hydrogens (tertiary/aromatic N) is 2. The molecule has 2 heterocycles. The van der Waals surface area contributed by atoms with Crippen LogP contribution in [0.1, 0.15) is 19.4 Å². The zero-order valence-corrected chi connectivity index (χ0v) is 15.8. The van der Waals surface area contributed by atoms with Gasteiger partial charge in [-0.1, -0.05) is 57.9 Å². The van der Waals surface area contributed by atoms with E-state index < -0.39 is 32.1 Å². The smallest absolute Gasteiger partial charge is 0.259 e. The summed E-state index contributed by atoms with van der Waals surface area (Å²) in [4.78, 5) is 25.8. The molecule has 4 atom stereocenters. The lowest BCUT2D eigenvalue weighted by molar-refractivity contribution is -0.151. The largest absolute Gasteiger partial charge is 0.310 e. The summed E-state index contributed by atoms with van der Waals surface area (Å²) in [6.45, 7) is 3.71. The number of carbonyl (C=O) groups is 2. The second kappa shape index (κ2) is 5.86. The maximum absolute atomic E-state index is 12.8. The molecule has 23 heavy (non-hydrogen) atoms. The zero-order chi connectivity index (χ0) is 16.9. The van der Waals surface area contributed by atoms with Crippen LogP contribution in [0.5, 0.6) is 0 Å². The van der Waals surface area contributed by atoms with Gasteiger partial charge in [-0.15, -0.1) is 0 Å². The second-order valence-electron chi connectivity index (χ2n) is 6.14. The Kier molecular flexibility index (Phi) is 4.31. The first-order chi connectivity index (χ1) is 10.8. The molecule has 0 aliphatic carbocycles. The Morgan fingerprint density at radius 1 is 1.22 bits per heavy atom. The maximum atomic E-state index is 12.8. The predicted molar refractivity (Wildman–Crippen MR) is 92.2 cm³/mol. The van der Waals surface area contributed by atoms with Gasteiger partial charge in [0.15, 0.2) is 0 Å². The normalized spacial score (nSPS) is 33.0. The third kappa shape index (κ3) is 2.53. The highest BCUT2D eigenvalue weighted by Crippen LogP contribution is 2.42. The van der Waals surface area contributed by atoms with E-state index in [4.69, 9.17) is 11.6 Å². The van der Waals surface area contributed by atoms with Crippen molar-refractivity contribution in [1.82, 2.24) is 9.21 Å². The Hall–Kier alpha value is -0.920. The number of β-lactam (4-membered cyclic amide) rings is 1. The SMILES string of the molecule is CC1(C)[C@@H](N2C(=O)[C@H](Br)[C@H]2Cl)C(=O)N(Cc2ccccc2)S1=O. The van der Waals surface area contributed by atoms with E-state index in [1.165, 1.54) is 9.21 Å². The summed E-state index contributed by atoms with van der Waals surface area (Å²) >= 11 is 9.37. The van der Waals surface area contributed by atoms with Crippen LogP contribution in [0.4, 0.5) is 0 Å².